The van der Waals surface area contributed by atoms with E-state index in [0.717, 1.165) is 19.6 Å². The van der Waals surface area contributed by atoms with Gasteiger partial charge in [0.2, 0.25) is 0 Å². The molecule has 4 heteroatoms. The second-order valence-corrected chi connectivity index (χ2v) is 5.29. The van der Waals surface area contributed by atoms with Crippen LogP contribution in [-0.4, -0.2) is 60.7 Å². The zero-order valence-electron chi connectivity index (χ0n) is 9.99. The molecule has 1 saturated heterocycles. The van der Waals surface area contributed by atoms with Gasteiger partial charge in [-0.15, -0.1) is 0 Å². The van der Waals surface area contributed by atoms with Crippen LogP contribution >= 0.6 is 0 Å². The summed E-state index contributed by atoms with van der Waals surface area (Å²) >= 11 is 0. The second kappa shape index (κ2) is 4.78. The van der Waals surface area contributed by atoms with Crippen LogP contribution < -0.4 is 0 Å². The predicted molar refractivity (Wildman–Crippen MR) is 58.7 cm³/mol. The lowest BCUT2D eigenvalue weighted by Gasteiger charge is -2.39. The Morgan fingerprint density at radius 1 is 1.40 bits per heavy atom. The molecular weight excluding hydrogens is 194 g/mol. The van der Waals surface area contributed by atoms with Crippen molar-refractivity contribution in [3.05, 3.63) is 0 Å². The van der Waals surface area contributed by atoms with Crippen LogP contribution in [0.2, 0.25) is 0 Å². The van der Waals surface area contributed by atoms with Crippen LogP contribution in [0.15, 0.2) is 0 Å². The number of ether oxygens (including phenoxy) is 1. The maximum atomic E-state index is 9.43. The van der Waals surface area contributed by atoms with Gasteiger partial charge in [0, 0.05) is 24.1 Å². The van der Waals surface area contributed by atoms with Crippen molar-refractivity contribution < 1.29 is 14.9 Å². The molecule has 0 aromatic heterocycles. The normalized spacial score (nSPS) is 27.6. The first-order valence-electron chi connectivity index (χ1n) is 5.46. The Morgan fingerprint density at radius 3 is 2.47 bits per heavy atom. The Labute approximate surface area is 91.8 Å². The fourth-order valence-electron chi connectivity index (χ4n) is 1.79. The van der Waals surface area contributed by atoms with Gasteiger partial charge in [-0.1, -0.05) is 0 Å². The molecule has 0 aromatic rings. The highest BCUT2D eigenvalue weighted by atomic mass is 16.5. The Balaban J connectivity index is 2.59. The van der Waals surface area contributed by atoms with E-state index in [2.05, 4.69) is 4.90 Å². The molecule has 0 aromatic carbocycles. The molecule has 1 heterocycles. The van der Waals surface area contributed by atoms with E-state index < -0.39 is 0 Å². The average Bonchev–Trinajstić information content (AvgIpc) is 2.67. The highest BCUT2D eigenvalue weighted by Gasteiger charge is 2.38. The summed E-state index contributed by atoms with van der Waals surface area (Å²) in [5.74, 6) is 0. The lowest BCUT2D eigenvalue weighted by molar-refractivity contribution is 0.0106. The molecule has 0 bridgehead atoms. The topological polar surface area (TPSA) is 52.9 Å². The van der Waals surface area contributed by atoms with Gasteiger partial charge in [-0.05, 0) is 27.3 Å². The largest absolute Gasteiger partial charge is 0.396 e. The van der Waals surface area contributed by atoms with Crippen molar-refractivity contribution in [3.8, 4) is 0 Å². The molecule has 1 rings (SSSR count). The summed E-state index contributed by atoms with van der Waals surface area (Å²) < 4.78 is 5.35. The minimum Gasteiger partial charge on any atom is -0.396 e. The summed E-state index contributed by atoms with van der Waals surface area (Å²) in [5.41, 5.74) is -0.383. The van der Waals surface area contributed by atoms with Gasteiger partial charge in [0.15, 0.2) is 0 Å². The third-order valence-corrected chi connectivity index (χ3v) is 3.51. The van der Waals surface area contributed by atoms with Crippen LogP contribution in [0.4, 0.5) is 0 Å². The molecule has 15 heavy (non-hydrogen) atoms. The molecular formula is C11H23NO3. The Kier molecular flexibility index (Phi) is 4.12. The minimum absolute atomic E-state index is 0.117. The van der Waals surface area contributed by atoms with E-state index >= 15 is 0 Å². The van der Waals surface area contributed by atoms with E-state index in [1.807, 2.05) is 20.9 Å². The van der Waals surface area contributed by atoms with E-state index in [9.17, 15) is 10.2 Å². The summed E-state index contributed by atoms with van der Waals surface area (Å²) in [6.45, 7) is 6.37. The zero-order valence-corrected chi connectivity index (χ0v) is 9.99. The fourth-order valence-corrected chi connectivity index (χ4v) is 1.79. The molecule has 2 N–H and O–H groups in total. The molecule has 0 spiro atoms. The monoisotopic (exact) mass is 217 g/mol. The first kappa shape index (κ1) is 12.9. The van der Waals surface area contributed by atoms with Crippen LogP contribution in [0.5, 0.6) is 0 Å². The molecule has 0 radical (unpaired) electrons. The van der Waals surface area contributed by atoms with E-state index in [0.29, 0.717) is 6.61 Å². The summed E-state index contributed by atoms with van der Waals surface area (Å²) in [6.07, 6.45) is 0.898. The zero-order chi connectivity index (χ0) is 11.5. The Bertz CT molecular complexity index is 200. The molecule has 1 fully saturated rings. The molecule has 1 unspecified atom stereocenters. The minimum atomic E-state index is -0.245. The molecule has 0 aliphatic carbocycles. The Hall–Kier alpha value is -0.160. The van der Waals surface area contributed by atoms with Crippen molar-refractivity contribution in [1.29, 1.82) is 0 Å². The quantitative estimate of drug-likeness (QED) is 0.685. The van der Waals surface area contributed by atoms with Gasteiger partial charge in [0.1, 0.15) is 0 Å². The fraction of sp³-hybridized carbons (Fsp3) is 1.00. The maximum Gasteiger partial charge on any atom is 0.0609 e. The lowest BCUT2D eigenvalue weighted by Crippen LogP contribution is -2.50. The van der Waals surface area contributed by atoms with Crippen LogP contribution in [0, 0.1) is 5.41 Å². The molecule has 1 aliphatic heterocycles. The molecule has 90 valence electrons. The molecule has 0 amide bonds. The predicted octanol–water partition coefficient (Wildman–Crippen LogP) is 0.0881. The van der Waals surface area contributed by atoms with Crippen LogP contribution in [0.3, 0.4) is 0 Å². The van der Waals surface area contributed by atoms with Gasteiger partial charge in [-0.25, -0.2) is 0 Å². The van der Waals surface area contributed by atoms with E-state index in [-0.39, 0.29) is 24.2 Å². The van der Waals surface area contributed by atoms with Crippen molar-refractivity contribution in [2.24, 2.45) is 5.41 Å². The molecule has 1 aliphatic rings. The van der Waals surface area contributed by atoms with Crippen molar-refractivity contribution >= 4 is 0 Å². The average molecular weight is 217 g/mol. The lowest BCUT2D eigenvalue weighted by atomic mass is 9.86. The summed E-state index contributed by atoms with van der Waals surface area (Å²) in [4.78, 5) is 2.10. The maximum absolute atomic E-state index is 9.43. The first-order valence-corrected chi connectivity index (χ1v) is 5.46. The summed E-state index contributed by atoms with van der Waals surface area (Å²) in [6, 6.07) is 0. The summed E-state index contributed by atoms with van der Waals surface area (Å²) in [5, 5.41) is 18.7. The van der Waals surface area contributed by atoms with Crippen molar-refractivity contribution in [2.75, 3.05) is 40.0 Å². The van der Waals surface area contributed by atoms with Gasteiger partial charge in [0.25, 0.3) is 0 Å². The van der Waals surface area contributed by atoms with Crippen molar-refractivity contribution in [1.82, 2.24) is 4.90 Å². The first-order chi connectivity index (χ1) is 6.96. The number of nitrogens with zero attached hydrogens (tertiary/aromatic N) is 1. The number of likely N-dealkylation sites (N-methyl/N-ethyl adjacent to an activating group) is 1. The standard InChI is InChI=1S/C11H23NO3/c1-10(2,7-13)12(3)6-11(8-14)4-5-15-9-11/h13-14H,4-9H2,1-3H3. The van der Waals surface area contributed by atoms with Crippen molar-refractivity contribution in [3.63, 3.8) is 0 Å². The highest BCUT2D eigenvalue weighted by molar-refractivity contribution is 4.89. The molecule has 4 nitrogen and oxygen atoms in total. The van der Waals surface area contributed by atoms with E-state index in [1.165, 1.54) is 0 Å². The SMILES string of the molecule is CN(CC1(CO)CCOC1)C(C)(C)CO. The van der Waals surface area contributed by atoms with Gasteiger partial charge < -0.3 is 14.9 Å². The van der Waals surface area contributed by atoms with Crippen LogP contribution in [0.1, 0.15) is 20.3 Å². The van der Waals surface area contributed by atoms with Gasteiger partial charge in [-0.2, -0.15) is 0 Å². The van der Waals surface area contributed by atoms with Gasteiger partial charge in [-0.3, -0.25) is 4.90 Å². The second-order valence-electron chi connectivity index (χ2n) is 5.29. The number of aliphatic hydroxyl groups is 2. The number of rotatable bonds is 5. The number of aliphatic hydroxyl groups excluding tert-OH is 2. The van der Waals surface area contributed by atoms with Crippen LogP contribution in [0.25, 0.3) is 0 Å². The van der Waals surface area contributed by atoms with E-state index in [4.69, 9.17) is 4.74 Å². The van der Waals surface area contributed by atoms with Gasteiger partial charge in [0.05, 0.1) is 19.8 Å². The molecule has 1 atom stereocenters. The number of hydrogen-bond donors (Lipinski definition) is 2. The summed E-state index contributed by atoms with van der Waals surface area (Å²) in [7, 11) is 1.98. The highest BCUT2D eigenvalue weighted by Crippen LogP contribution is 2.30. The smallest absolute Gasteiger partial charge is 0.0609 e. The van der Waals surface area contributed by atoms with Crippen LogP contribution in [-0.2, 0) is 4.74 Å². The van der Waals surface area contributed by atoms with Crippen molar-refractivity contribution in [2.45, 2.75) is 25.8 Å². The Morgan fingerprint density at radius 2 is 2.07 bits per heavy atom. The third kappa shape index (κ3) is 2.91. The third-order valence-electron chi connectivity index (χ3n) is 3.51. The van der Waals surface area contributed by atoms with Gasteiger partial charge >= 0.3 is 0 Å². The van der Waals surface area contributed by atoms with E-state index in [1.54, 1.807) is 0 Å². The molecule has 0 saturated carbocycles. The number of hydrogen-bond acceptors (Lipinski definition) is 4.